The molecule has 2 fully saturated rings. The molecule has 3 atom stereocenters. The molecular formula is C20H26N4O2S. The van der Waals surface area contributed by atoms with Crippen LogP contribution in [-0.4, -0.2) is 50.5 Å². The molecule has 2 aliphatic rings. The maximum absolute atomic E-state index is 9.33. The summed E-state index contributed by atoms with van der Waals surface area (Å²) in [5.74, 6) is 0. The van der Waals surface area contributed by atoms with Crippen LogP contribution in [-0.2, 0) is 11.3 Å². The molecule has 0 radical (unpaired) electrons. The third-order valence-corrected chi connectivity index (χ3v) is 5.70. The Kier molecular flexibility index (Phi) is 5.71. The first-order valence-electron chi connectivity index (χ1n) is 9.63. The molecule has 0 spiro atoms. The molecule has 0 bridgehead atoms. The summed E-state index contributed by atoms with van der Waals surface area (Å²) in [6, 6.07) is 10.2. The van der Waals surface area contributed by atoms with Gasteiger partial charge in [0.1, 0.15) is 0 Å². The highest BCUT2D eigenvalue weighted by atomic mass is 32.1. The smallest absolute Gasteiger partial charge is 0.170 e. The minimum atomic E-state index is -0.0180. The van der Waals surface area contributed by atoms with Gasteiger partial charge in [0, 0.05) is 44.4 Å². The lowest BCUT2D eigenvalue weighted by atomic mass is 10.0. The van der Waals surface area contributed by atoms with Crippen LogP contribution in [0.3, 0.4) is 0 Å². The predicted octanol–water partition coefficient (Wildman–Crippen LogP) is 2.42. The summed E-state index contributed by atoms with van der Waals surface area (Å²) in [5.41, 5.74) is 2.17. The summed E-state index contributed by atoms with van der Waals surface area (Å²) < 4.78 is 8.14. The Hall–Kier alpha value is -1.96. The van der Waals surface area contributed by atoms with E-state index in [0.29, 0.717) is 18.1 Å². The molecule has 7 heteroatoms. The summed E-state index contributed by atoms with van der Waals surface area (Å²) in [5, 5.41) is 13.5. The second kappa shape index (κ2) is 8.37. The lowest BCUT2D eigenvalue weighted by Crippen LogP contribution is -2.32. The number of hydrogen-bond donors (Lipinski definition) is 2. The van der Waals surface area contributed by atoms with Crippen LogP contribution >= 0.6 is 12.2 Å². The molecule has 0 unspecified atom stereocenters. The van der Waals surface area contributed by atoms with E-state index in [1.165, 1.54) is 5.69 Å². The molecule has 4 rings (SSSR count). The molecule has 0 aromatic carbocycles. The van der Waals surface area contributed by atoms with Gasteiger partial charge in [-0.05, 0) is 55.7 Å². The SMILES string of the molecule is OCCCN1C(=S)N[C@@H](c2ccccn2)[C@H]1c1cccn1C[C@@H]1CCCO1. The molecule has 144 valence electrons. The largest absolute Gasteiger partial charge is 0.396 e. The Morgan fingerprint density at radius 2 is 2.22 bits per heavy atom. The Bertz CT molecular complexity index is 760. The van der Waals surface area contributed by atoms with Crippen molar-refractivity contribution in [1.82, 2.24) is 19.8 Å². The van der Waals surface area contributed by atoms with E-state index in [1.807, 2.05) is 24.4 Å². The number of ether oxygens (including phenoxy) is 1. The first-order valence-corrected chi connectivity index (χ1v) is 10.0. The van der Waals surface area contributed by atoms with Gasteiger partial charge in [0.15, 0.2) is 5.11 Å². The number of rotatable bonds is 7. The molecule has 6 nitrogen and oxygen atoms in total. The van der Waals surface area contributed by atoms with Crippen LogP contribution in [0.4, 0.5) is 0 Å². The van der Waals surface area contributed by atoms with Crippen molar-refractivity contribution in [1.29, 1.82) is 0 Å². The van der Waals surface area contributed by atoms with Crippen molar-refractivity contribution in [2.75, 3.05) is 19.8 Å². The van der Waals surface area contributed by atoms with Crippen molar-refractivity contribution in [2.24, 2.45) is 0 Å². The zero-order chi connectivity index (χ0) is 18.6. The lowest BCUT2D eigenvalue weighted by Gasteiger charge is -2.29. The van der Waals surface area contributed by atoms with Crippen LogP contribution in [0.5, 0.6) is 0 Å². The minimum absolute atomic E-state index is 0.0180. The zero-order valence-corrected chi connectivity index (χ0v) is 16.1. The highest BCUT2D eigenvalue weighted by molar-refractivity contribution is 7.80. The maximum Gasteiger partial charge on any atom is 0.170 e. The van der Waals surface area contributed by atoms with Gasteiger partial charge in [0.05, 0.1) is 23.9 Å². The molecule has 2 N–H and O–H groups in total. The van der Waals surface area contributed by atoms with Crippen molar-refractivity contribution in [3.8, 4) is 0 Å². The van der Waals surface area contributed by atoms with Gasteiger partial charge in [0.25, 0.3) is 0 Å². The number of aliphatic hydroxyl groups is 1. The molecule has 0 saturated carbocycles. The van der Waals surface area contributed by atoms with Crippen molar-refractivity contribution in [3.63, 3.8) is 0 Å². The Labute approximate surface area is 165 Å². The lowest BCUT2D eigenvalue weighted by molar-refractivity contribution is 0.0953. The second-order valence-corrected chi connectivity index (χ2v) is 7.50. The van der Waals surface area contributed by atoms with Gasteiger partial charge in [-0.2, -0.15) is 0 Å². The first-order chi connectivity index (χ1) is 13.3. The van der Waals surface area contributed by atoms with Crippen LogP contribution in [0, 0.1) is 0 Å². The monoisotopic (exact) mass is 386 g/mol. The topological polar surface area (TPSA) is 62.5 Å². The molecular weight excluding hydrogens is 360 g/mol. The third-order valence-electron chi connectivity index (χ3n) is 5.35. The zero-order valence-electron chi connectivity index (χ0n) is 15.3. The molecule has 0 amide bonds. The molecule has 27 heavy (non-hydrogen) atoms. The fraction of sp³-hybridized carbons (Fsp3) is 0.500. The van der Waals surface area contributed by atoms with E-state index in [2.05, 4.69) is 38.1 Å². The normalized spacial score (nSPS) is 25.1. The van der Waals surface area contributed by atoms with Crippen LogP contribution in [0.15, 0.2) is 42.7 Å². The maximum atomic E-state index is 9.33. The average molecular weight is 387 g/mol. The predicted molar refractivity (Wildman–Crippen MR) is 107 cm³/mol. The Balaban J connectivity index is 1.66. The van der Waals surface area contributed by atoms with E-state index in [-0.39, 0.29) is 24.8 Å². The van der Waals surface area contributed by atoms with Gasteiger partial charge >= 0.3 is 0 Å². The standard InChI is InChI=1S/C20H26N4O2S/c25-12-5-11-24-19(18(22-20(24)27)16-7-1-2-9-21-16)17-8-3-10-23(17)14-15-6-4-13-26-15/h1-3,7-10,15,18-19,25H,4-6,11-14H2,(H,22,27)/t15-,18-,19+/m0/s1. The van der Waals surface area contributed by atoms with E-state index in [4.69, 9.17) is 17.0 Å². The van der Waals surface area contributed by atoms with Gasteiger partial charge in [-0.15, -0.1) is 0 Å². The molecule has 2 saturated heterocycles. The number of nitrogens with zero attached hydrogens (tertiary/aromatic N) is 3. The van der Waals surface area contributed by atoms with Crippen molar-refractivity contribution in [2.45, 2.75) is 44.0 Å². The molecule has 0 aliphatic carbocycles. The number of aromatic nitrogens is 2. The number of pyridine rings is 1. The van der Waals surface area contributed by atoms with E-state index >= 15 is 0 Å². The van der Waals surface area contributed by atoms with E-state index in [1.54, 1.807) is 0 Å². The molecule has 4 heterocycles. The summed E-state index contributed by atoms with van der Waals surface area (Å²) in [6.07, 6.45) is 7.14. The van der Waals surface area contributed by atoms with Gasteiger partial charge in [0.2, 0.25) is 0 Å². The van der Waals surface area contributed by atoms with E-state index < -0.39 is 0 Å². The average Bonchev–Trinajstić information content (AvgIpc) is 3.42. The van der Waals surface area contributed by atoms with E-state index in [0.717, 1.165) is 31.7 Å². The molecule has 2 aliphatic heterocycles. The van der Waals surface area contributed by atoms with Gasteiger partial charge < -0.3 is 24.6 Å². The van der Waals surface area contributed by atoms with Crippen LogP contribution < -0.4 is 5.32 Å². The fourth-order valence-corrected chi connectivity index (χ4v) is 4.41. The molecule has 2 aromatic rings. The van der Waals surface area contributed by atoms with Gasteiger partial charge in [-0.25, -0.2) is 0 Å². The Morgan fingerprint density at radius 1 is 1.30 bits per heavy atom. The van der Waals surface area contributed by atoms with Gasteiger partial charge in [-0.3, -0.25) is 4.98 Å². The van der Waals surface area contributed by atoms with Crippen molar-refractivity contribution < 1.29 is 9.84 Å². The van der Waals surface area contributed by atoms with Crippen LogP contribution in [0.2, 0.25) is 0 Å². The Morgan fingerprint density at radius 3 is 2.96 bits per heavy atom. The molecule has 2 aromatic heterocycles. The van der Waals surface area contributed by atoms with Crippen LogP contribution in [0.25, 0.3) is 0 Å². The van der Waals surface area contributed by atoms with E-state index in [9.17, 15) is 5.11 Å². The third kappa shape index (κ3) is 3.85. The quantitative estimate of drug-likeness (QED) is 0.713. The summed E-state index contributed by atoms with van der Waals surface area (Å²) in [7, 11) is 0. The second-order valence-electron chi connectivity index (χ2n) is 7.12. The summed E-state index contributed by atoms with van der Waals surface area (Å²) >= 11 is 5.64. The highest BCUT2D eigenvalue weighted by Gasteiger charge is 2.40. The number of nitrogens with one attached hydrogen (secondary N) is 1. The summed E-state index contributed by atoms with van der Waals surface area (Å²) in [4.78, 5) is 6.76. The number of hydrogen-bond acceptors (Lipinski definition) is 4. The number of thiocarbonyl (C=S) groups is 1. The summed E-state index contributed by atoms with van der Waals surface area (Å²) in [6.45, 7) is 2.57. The number of aliphatic hydroxyl groups excluding tert-OH is 1. The minimum Gasteiger partial charge on any atom is -0.396 e. The fourth-order valence-electron chi connectivity index (χ4n) is 4.08. The van der Waals surface area contributed by atoms with Crippen molar-refractivity contribution >= 4 is 17.3 Å². The van der Waals surface area contributed by atoms with Gasteiger partial charge in [-0.1, -0.05) is 6.07 Å². The highest BCUT2D eigenvalue weighted by Crippen LogP contribution is 2.39. The first kappa shape index (κ1) is 18.4. The van der Waals surface area contributed by atoms with Crippen molar-refractivity contribution in [3.05, 3.63) is 54.1 Å². The van der Waals surface area contributed by atoms with Crippen LogP contribution in [0.1, 0.15) is 42.7 Å².